The van der Waals surface area contributed by atoms with Crippen LogP contribution in [-0.2, 0) is 0 Å². The molecule has 0 radical (unpaired) electrons. The number of H-pyrrole nitrogens is 1. The third kappa shape index (κ3) is 3.53. The van der Waals surface area contributed by atoms with Crippen LogP contribution in [0, 0.1) is 0 Å². The topological polar surface area (TPSA) is 110 Å². The van der Waals surface area contributed by atoms with E-state index in [4.69, 9.17) is 5.73 Å². The summed E-state index contributed by atoms with van der Waals surface area (Å²) in [7, 11) is 0. The lowest BCUT2D eigenvalue weighted by Crippen LogP contribution is -2.37. The van der Waals surface area contributed by atoms with Crippen LogP contribution in [0.15, 0.2) is 69.6 Å². The minimum Gasteiger partial charge on any atom is -0.397 e. The van der Waals surface area contributed by atoms with E-state index in [1.807, 2.05) is 6.92 Å². The maximum absolute atomic E-state index is 12.9. The highest BCUT2D eigenvalue weighted by Gasteiger charge is 2.19. The van der Waals surface area contributed by atoms with Gasteiger partial charge in [0.1, 0.15) is 4.70 Å². The van der Waals surface area contributed by atoms with Crippen LogP contribution in [0.2, 0.25) is 0 Å². The number of carbonyl (C=O) groups is 1. The summed E-state index contributed by atoms with van der Waals surface area (Å²) in [6, 6.07) is 15.2. The zero-order valence-corrected chi connectivity index (χ0v) is 17.0. The molecule has 152 valence electrons. The van der Waals surface area contributed by atoms with Crippen LogP contribution in [0.1, 0.15) is 35.3 Å². The molecule has 8 heteroatoms. The molecule has 0 aliphatic rings. The third-order valence-corrected chi connectivity index (χ3v) is 5.91. The summed E-state index contributed by atoms with van der Waals surface area (Å²) >= 11 is 1.30. The van der Waals surface area contributed by atoms with Crippen LogP contribution >= 0.6 is 11.3 Å². The monoisotopic (exact) mass is 420 g/mol. The van der Waals surface area contributed by atoms with Crippen LogP contribution in [0.4, 0.5) is 11.4 Å². The highest BCUT2D eigenvalue weighted by atomic mass is 32.1. The fraction of sp³-hybridized carbons (Fsp3) is 0.136. The average Bonchev–Trinajstić information content (AvgIpc) is 3.21. The van der Waals surface area contributed by atoms with Crippen molar-refractivity contribution in [2.75, 3.05) is 11.1 Å². The molecular weight excluding hydrogens is 400 g/mol. The van der Waals surface area contributed by atoms with Crippen molar-refractivity contribution in [1.82, 2.24) is 9.55 Å². The largest absolute Gasteiger partial charge is 0.397 e. The molecule has 0 aliphatic heterocycles. The Hall–Kier alpha value is -3.65. The van der Waals surface area contributed by atoms with E-state index in [-0.39, 0.29) is 11.5 Å². The highest BCUT2D eigenvalue weighted by molar-refractivity contribution is 7.17. The quantitative estimate of drug-likeness (QED) is 0.429. The summed E-state index contributed by atoms with van der Waals surface area (Å²) in [4.78, 5) is 40.7. The summed E-state index contributed by atoms with van der Waals surface area (Å²) < 4.78 is 1.77. The van der Waals surface area contributed by atoms with Crippen molar-refractivity contribution in [3.8, 4) is 0 Å². The average molecular weight is 420 g/mol. The molecule has 2 aromatic carbocycles. The van der Waals surface area contributed by atoms with Gasteiger partial charge in [0.05, 0.1) is 22.9 Å². The number of nitrogens with two attached hydrogens (primary N) is 1. The number of aromatic nitrogens is 2. The molecule has 0 saturated heterocycles. The molecule has 1 unspecified atom stereocenters. The highest BCUT2D eigenvalue weighted by Crippen LogP contribution is 2.22. The summed E-state index contributed by atoms with van der Waals surface area (Å²) in [5, 5.41) is 4.56. The molecule has 0 bridgehead atoms. The lowest BCUT2D eigenvalue weighted by molar-refractivity contribution is 0.102. The predicted octanol–water partition coefficient (Wildman–Crippen LogP) is 3.59. The fourth-order valence-corrected chi connectivity index (χ4v) is 4.25. The fourth-order valence-electron chi connectivity index (χ4n) is 3.46. The van der Waals surface area contributed by atoms with Gasteiger partial charge in [0.2, 0.25) is 0 Å². The molecule has 4 N–H and O–H groups in total. The summed E-state index contributed by atoms with van der Waals surface area (Å²) in [6.45, 7) is 1.91. The predicted molar refractivity (Wildman–Crippen MR) is 120 cm³/mol. The number of thiophene rings is 1. The van der Waals surface area contributed by atoms with Gasteiger partial charge < -0.3 is 16.0 Å². The van der Waals surface area contributed by atoms with E-state index in [0.29, 0.717) is 33.6 Å². The number of amides is 1. The number of nitrogens with zero attached hydrogens (tertiary/aromatic N) is 1. The summed E-state index contributed by atoms with van der Waals surface area (Å²) in [5.74, 6) is -0.289. The Bertz CT molecular complexity index is 1340. The van der Waals surface area contributed by atoms with E-state index in [9.17, 15) is 14.4 Å². The van der Waals surface area contributed by atoms with Crippen LogP contribution in [0.3, 0.4) is 0 Å². The van der Waals surface area contributed by atoms with Crippen LogP contribution in [-0.4, -0.2) is 15.5 Å². The van der Waals surface area contributed by atoms with E-state index in [2.05, 4.69) is 10.3 Å². The third-order valence-electron chi connectivity index (χ3n) is 5.00. The number of benzene rings is 2. The number of nitrogens with one attached hydrogen (secondary N) is 2. The van der Waals surface area contributed by atoms with E-state index in [1.54, 1.807) is 60.0 Å². The van der Waals surface area contributed by atoms with Crippen LogP contribution in [0.25, 0.3) is 10.2 Å². The van der Waals surface area contributed by atoms with Crippen molar-refractivity contribution in [3.05, 3.63) is 91.9 Å². The minimum atomic E-state index is -0.445. The molecule has 2 aromatic heterocycles. The summed E-state index contributed by atoms with van der Waals surface area (Å²) in [6.07, 6.45) is 0.548. The second-order valence-corrected chi connectivity index (χ2v) is 7.77. The molecule has 0 aliphatic carbocycles. The number of hydrogen-bond acceptors (Lipinski definition) is 5. The van der Waals surface area contributed by atoms with Gasteiger partial charge in [-0.25, -0.2) is 4.79 Å². The van der Waals surface area contributed by atoms with Crippen molar-refractivity contribution >= 4 is 38.8 Å². The molecular formula is C22H20N4O3S. The van der Waals surface area contributed by atoms with Gasteiger partial charge in [-0.2, -0.15) is 0 Å². The SMILES string of the molecule is CCC(c1ccc(C(=O)Nc2ccccc2N)cc1)n1c(=O)[nH]c2ccsc2c1=O. The molecule has 4 aromatic rings. The number of para-hydroxylation sites is 2. The van der Waals surface area contributed by atoms with Crippen molar-refractivity contribution in [1.29, 1.82) is 0 Å². The number of aromatic amines is 1. The van der Waals surface area contributed by atoms with E-state index in [0.717, 1.165) is 5.56 Å². The summed E-state index contributed by atoms with van der Waals surface area (Å²) in [5.41, 5.74) is 7.92. The standard InChI is InChI=1S/C22H20N4O3S/c1-2-18(26-21(28)19-17(11-12-30-19)25-22(26)29)13-7-9-14(10-8-13)20(27)24-16-6-4-3-5-15(16)23/h3-12,18H,2,23H2,1H3,(H,24,27)(H,25,29). The number of hydrogen-bond donors (Lipinski definition) is 3. The van der Waals surface area contributed by atoms with Crippen molar-refractivity contribution < 1.29 is 4.79 Å². The molecule has 0 fully saturated rings. The Labute approximate surface area is 175 Å². The van der Waals surface area contributed by atoms with Gasteiger partial charge in [-0.05, 0) is 47.7 Å². The smallest absolute Gasteiger partial charge is 0.329 e. The molecule has 7 nitrogen and oxygen atoms in total. The lowest BCUT2D eigenvalue weighted by atomic mass is 10.0. The van der Waals surface area contributed by atoms with E-state index < -0.39 is 11.7 Å². The first kappa shape index (κ1) is 19.7. The maximum atomic E-state index is 12.9. The molecule has 1 amide bonds. The second kappa shape index (κ2) is 8.00. The number of nitrogen functional groups attached to an aromatic ring is 1. The molecule has 4 rings (SSSR count). The lowest BCUT2D eigenvalue weighted by Gasteiger charge is -2.18. The Kier molecular flexibility index (Phi) is 5.24. The van der Waals surface area contributed by atoms with Gasteiger partial charge in [0.25, 0.3) is 11.5 Å². The normalized spacial score (nSPS) is 12.0. The maximum Gasteiger partial charge on any atom is 0.329 e. The van der Waals surface area contributed by atoms with Crippen LogP contribution in [0.5, 0.6) is 0 Å². The Morgan fingerprint density at radius 3 is 2.57 bits per heavy atom. The van der Waals surface area contributed by atoms with Crippen molar-refractivity contribution in [2.24, 2.45) is 0 Å². The molecule has 30 heavy (non-hydrogen) atoms. The minimum absolute atomic E-state index is 0.289. The first-order valence-electron chi connectivity index (χ1n) is 9.47. The van der Waals surface area contributed by atoms with Gasteiger partial charge in [-0.15, -0.1) is 11.3 Å². The second-order valence-electron chi connectivity index (χ2n) is 6.86. The van der Waals surface area contributed by atoms with Gasteiger partial charge >= 0.3 is 5.69 Å². The van der Waals surface area contributed by atoms with Gasteiger partial charge in [-0.1, -0.05) is 31.2 Å². The van der Waals surface area contributed by atoms with Gasteiger partial charge in [0.15, 0.2) is 0 Å². The zero-order chi connectivity index (χ0) is 21.3. The molecule has 2 heterocycles. The van der Waals surface area contributed by atoms with Gasteiger partial charge in [0, 0.05) is 5.56 Å². The Morgan fingerprint density at radius 1 is 1.13 bits per heavy atom. The first-order chi connectivity index (χ1) is 14.5. The van der Waals surface area contributed by atoms with E-state index in [1.165, 1.54) is 15.9 Å². The molecule has 0 saturated carbocycles. The molecule has 0 spiro atoms. The number of carbonyl (C=O) groups excluding carboxylic acids is 1. The number of fused-ring (bicyclic) bond motifs is 1. The number of rotatable bonds is 5. The van der Waals surface area contributed by atoms with Gasteiger partial charge in [-0.3, -0.25) is 14.2 Å². The van der Waals surface area contributed by atoms with Crippen molar-refractivity contribution in [3.63, 3.8) is 0 Å². The first-order valence-corrected chi connectivity index (χ1v) is 10.4. The van der Waals surface area contributed by atoms with Crippen molar-refractivity contribution in [2.45, 2.75) is 19.4 Å². The molecule has 1 atom stereocenters. The Balaban J connectivity index is 1.65. The number of anilines is 2. The Morgan fingerprint density at radius 2 is 1.87 bits per heavy atom. The van der Waals surface area contributed by atoms with Crippen LogP contribution < -0.4 is 22.3 Å². The zero-order valence-electron chi connectivity index (χ0n) is 16.2. The van der Waals surface area contributed by atoms with E-state index >= 15 is 0 Å².